The molecule has 4 rings (SSSR count). The highest BCUT2D eigenvalue weighted by atomic mass is 16.5. The van der Waals surface area contributed by atoms with Gasteiger partial charge in [-0.25, -0.2) is 0 Å². The molecule has 7 nitrogen and oxygen atoms in total. The first-order chi connectivity index (χ1) is 15.7. The van der Waals surface area contributed by atoms with Gasteiger partial charge in [-0.05, 0) is 43.1 Å². The summed E-state index contributed by atoms with van der Waals surface area (Å²) in [6, 6.07) is 17.5. The third-order valence-electron chi connectivity index (χ3n) is 5.87. The van der Waals surface area contributed by atoms with E-state index >= 15 is 0 Å². The van der Waals surface area contributed by atoms with Crippen LogP contribution in [0.3, 0.4) is 0 Å². The summed E-state index contributed by atoms with van der Waals surface area (Å²) >= 11 is 0. The van der Waals surface area contributed by atoms with Gasteiger partial charge in [0.25, 0.3) is 5.91 Å². The maximum Gasteiger partial charge on any atom is 0.290 e. The molecule has 7 heteroatoms. The molecule has 1 aliphatic rings. The molecule has 2 heterocycles. The van der Waals surface area contributed by atoms with Crippen LogP contribution >= 0.6 is 0 Å². The number of aromatic nitrogens is 1. The number of nitrogens with zero attached hydrogens (tertiary/aromatic N) is 2. The Morgan fingerprint density at radius 2 is 1.97 bits per heavy atom. The minimum absolute atomic E-state index is 0.241. The van der Waals surface area contributed by atoms with Gasteiger partial charge in [-0.15, -0.1) is 0 Å². The number of methoxy groups -OCH3 is 2. The minimum atomic E-state index is -0.263. The van der Waals surface area contributed by atoms with Gasteiger partial charge in [0.2, 0.25) is 5.76 Å². The van der Waals surface area contributed by atoms with Crippen LogP contribution in [0.25, 0.3) is 0 Å². The molecular weight excluding hydrogens is 406 g/mol. The van der Waals surface area contributed by atoms with Crippen LogP contribution in [-0.4, -0.2) is 43.3 Å². The normalized spacial score (nSPS) is 16.5. The lowest BCUT2D eigenvalue weighted by molar-refractivity contribution is 0.0913. The van der Waals surface area contributed by atoms with Crippen molar-refractivity contribution in [3.8, 4) is 11.5 Å². The van der Waals surface area contributed by atoms with Crippen molar-refractivity contribution in [2.45, 2.75) is 31.8 Å². The number of para-hydroxylation sites is 1. The van der Waals surface area contributed by atoms with E-state index in [9.17, 15) is 4.79 Å². The van der Waals surface area contributed by atoms with Crippen molar-refractivity contribution in [3.63, 3.8) is 0 Å². The summed E-state index contributed by atoms with van der Waals surface area (Å²) < 4.78 is 16.0. The zero-order valence-electron chi connectivity index (χ0n) is 18.5. The lowest BCUT2D eigenvalue weighted by Gasteiger charge is -2.32. The van der Waals surface area contributed by atoms with Crippen molar-refractivity contribution in [1.29, 1.82) is 0 Å². The van der Waals surface area contributed by atoms with Crippen LogP contribution < -0.4 is 14.8 Å². The van der Waals surface area contributed by atoms with Gasteiger partial charge < -0.3 is 19.3 Å². The first-order valence-corrected chi connectivity index (χ1v) is 10.9. The second-order valence-corrected chi connectivity index (χ2v) is 8.03. The fraction of sp³-hybridized carbons (Fsp3) is 0.360. The maximum atomic E-state index is 12.5. The fourth-order valence-corrected chi connectivity index (χ4v) is 4.12. The summed E-state index contributed by atoms with van der Waals surface area (Å²) in [6.45, 7) is 3.14. The molecule has 0 unspecified atom stereocenters. The number of carbonyl (C=O) groups excluding carboxylic acids is 1. The van der Waals surface area contributed by atoms with Gasteiger partial charge in [0, 0.05) is 37.2 Å². The van der Waals surface area contributed by atoms with E-state index in [2.05, 4.69) is 21.4 Å². The number of hydrogen-bond donors (Lipinski definition) is 1. The van der Waals surface area contributed by atoms with Crippen LogP contribution in [0.2, 0.25) is 0 Å². The molecule has 1 amide bonds. The molecule has 2 aromatic carbocycles. The van der Waals surface area contributed by atoms with Crippen LogP contribution in [-0.2, 0) is 13.1 Å². The molecule has 1 aromatic heterocycles. The first-order valence-electron chi connectivity index (χ1n) is 10.9. The van der Waals surface area contributed by atoms with Crippen LogP contribution in [0.1, 0.15) is 46.1 Å². The molecule has 0 saturated carbocycles. The molecule has 32 heavy (non-hydrogen) atoms. The van der Waals surface area contributed by atoms with E-state index in [1.807, 2.05) is 42.5 Å². The number of piperidine rings is 1. The number of rotatable bonds is 8. The Morgan fingerprint density at radius 3 is 2.75 bits per heavy atom. The molecule has 0 bridgehead atoms. The maximum absolute atomic E-state index is 12.5. The van der Waals surface area contributed by atoms with E-state index < -0.39 is 0 Å². The molecule has 1 fully saturated rings. The van der Waals surface area contributed by atoms with Gasteiger partial charge in [0.1, 0.15) is 11.5 Å². The van der Waals surface area contributed by atoms with Crippen molar-refractivity contribution in [3.05, 3.63) is 77.2 Å². The average Bonchev–Trinajstić information content (AvgIpc) is 3.34. The van der Waals surface area contributed by atoms with Crippen molar-refractivity contribution in [1.82, 2.24) is 15.4 Å². The largest absolute Gasteiger partial charge is 0.497 e. The summed E-state index contributed by atoms with van der Waals surface area (Å²) in [5.74, 6) is 1.92. The van der Waals surface area contributed by atoms with Crippen molar-refractivity contribution in [2.75, 3.05) is 27.3 Å². The quantitative estimate of drug-likeness (QED) is 0.576. The minimum Gasteiger partial charge on any atom is -0.497 e. The van der Waals surface area contributed by atoms with Crippen LogP contribution in [0.15, 0.2) is 59.1 Å². The summed E-state index contributed by atoms with van der Waals surface area (Å²) in [7, 11) is 3.33. The van der Waals surface area contributed by atoms with Gasteiger partial charge >= 0.3 is 0 Å². The molecule has 1 aliphatic heterocycles. The van der Waals surface area contributed by atoms with Crippen LogP contribution in [0, 0.1) is 0 Å². The Morgan fingerprint density at radius 1 is 1.16 bits per heavy atom. The average molecular weight is 436 g/mol. The molecule has 1 N–H and O–H groups in total. The highest BCUT2D eigenvalue weighted by Gasteiger charge is 2.26. The zero-order valence-corrected chi connectivity index (χ0v) is 18.5. The Balaban J connectivity index is 1.34. The second-order valence-electron chi connectivity index (χ2n) is 8.03. The third-order valence-corrected chi connectivity index (χ3v) is 5.87. The Bertz CT molecular complexity index is 1030. The van der Waals surface area contributed by atoms with Gasteiger partial charge in [0.15, 0.2) is 0 Å². The summed E-state index contributed by atoms with van der Waals surface area (Å²) in [4.78, 5) is 14.9. The Hall–Kier alpha value is -3.32. The van der Waals surface area contributed by atoms with Crippen LogP contribution in [0.5, 0.6) is 11.5 Å². The fourth-order valence-electron chi connectivity index (χ4n) is 4.12. The number of nitrogens with one attached hydrogen (secondary N) is 1. The highest BCUT2D eigenvalue weighted by molar-refractivity contribution is 5.91. The number of amides is 1. The molecule has 0 radical (unpaired) electrons. The van der Waals surface area contributed by atoms with Crippen molar-refractivity contribution < 1.29 is 18.8 Å². The predicted molar refractivity (Wildman–Crippen MR) is 121 cm³/mol. The predicted octanol–water partition coefficient (Wildman–Crippen LogP) is 4.00. The lowest BCUT2D eigenvalue weighted by atomic mass is 9.94. The molecular formula is C25H29N3O4. The standard InChI is InChI=1S/C25H29N3O4/c1-30-21-11-9-18(10-12-21)15-26-25(29)24-14-22(27-32-24)19-7-5-13-28(16-19)17-20-6-3-4-8-23(20)31-2/h3-4,6,8-12,14,19H,5,7,13,15-17H2,1-2H3,(H,26,29)/t19-/m1/s1. The summed E-state index contributed by atoms with van der Waals surface area (Å²) in [5.41, 5.74) is 3.00. The number of hydrogen-bond acceptors (Lipinski definition) is 6. The van der Waals surface area contributed by atoms with E-state index in [1.165, 1.54) is 5.56 Å². The Kier molecular flexibility index (Phi) is 7.07. The van der Waals surface area contributed by atoms with E-state index in [0.717, 1.165) is 55.2 Å². The molecule has 1 atom stereocenters. The third kappa shape index (κ3) is 5.29. The van der Waals surface area contributed by atoms with Gasteiger partial charge in [-0.3, -0.25) is 9.69 Å². The number of carbonyl (C=O) groups is 1. The summed E-state index contributed by atoms with van der Waals surface area (Å²) in [5, 5.41) is 7.10. The van der Waals surface area contributed by atoms with Gasteiger partial charge in [0.05, 0.1) is 19.9 Å². The van der Waals surface area contributed by atoms with E-state index in [1.54, 1.807) is 20.3 Å². The number of likely N-dealkylation sites (tertiary alicyclic amines) is 1. The van der Waals surface area contributed by atoms with E-state index in [-0.39, 0.29) is 17.6 Å². The Labute approximate surface area is 188 Å². The van der Waals surface area contributed by atoms with E-state index in [4.69, 9.17) is 14.0 Å². The van der Waals surface area contributed by atoms with E-state index in [0.29, 0.717) is 6.54 Å². The molecule has 1 saturated heterocycles. The van der Waals surface area contributed by atoms with Crippen molar-refractivity contribution >= 4 is 5.91 Å². The van der Waals surface area contributed by atoms with Gasteiger partial charge in [-0.2, -0.15) is 0 Å². The molecule has 3 aromatic rings. The SMILES string of the molecule is COc1ccc(CNC(=O)c2cc([C@@H]3CCCN(Cc4ccccc4OC)C3)no2)cc1. The molecule has 168 valence electrons. The molecule has 0 spiro atoms. The smallest absolute Gasteiger partial charge is 0.290 e. The molecule has 0 aliphatic carbocycles. The number of ether oxygens (including phenoxy) is 2. The zero-order chi connectivity index (χ0) is 22.3. The monoisotopic (exact) mass is 435 g/mol. The summed E-state index contributed by atoms with van der Waals surface area (Å²) in [6.07, 6.45) is 2.10. The first kappa shape index (κ1) is 21.9. The van der Waals surface area contributed by atoms with Crippen LogP contribution in [0.4, 0.5) is 0 Å². The number of benzene rings is 2. The topological polar surface area (TPSA) is 76.8 Å². The highest BCUT2D eigenvalue weighted by Crippen LogP contribution is 2.29. The van der Waals surface area contributed by atoms with Gasteiger partial charge in [-0.1, -0.05) is 35.5 Å². The van der Waals surface area contributed by atoms with Crippen molar-refractivity contribution in [2.24, 2.45) is 0 Å². The lowest BCUT2D eigenvalue weighted by Crippen LogP contribution is -2.34. The second kappa shape index (κ2) is 10.3.